The van der Waals surface area contributed by atoms with E-state index in [1.165, 1.54) is 0 Å². The molecule has 1 aliphatic rings. The largest absolute Gasteiger partial charge is 0.409 e. The molecule has 0 saturated carbocycles. The van der Waals surface area contributed by atoms with Crippen molar-refractivity contribution >= 4 is 5.91 Å². The maximum Gasteiger partial charge on any atom is 0.409 e. The first kappa shape index (κ1) is 18.0. The predicted molar refractivity (Wildman–Crippen MR) is 62.3 cm³/mol. The first-order chi connectivity index (χ1) is 9.57. The third-order valence-electron chi connectivity index (χ3n) is 3.25. The highest BCUT2D eigenvalue weighted by molar-refractivity contribution is 5.80. The summed E-state index contributed by atoms with van der Waals surface area (Å²) in [5.74, 6) is -5.88. The van der Waals surface area contributed by atoms with Crippen LogP contribution in [0.5, 0.6) is 0 Å². The molecule has 0 aliphatic carbocycles. The van der Waals surface area contributed by atoms with Gasteiger partial charge in [-0.25, -0.2) is 0 Å². The van der Waals surface area contributed by atoms with Gasteiger partial charge in [-0.2, -0.15) is 26.3 Å². The molecular formula is C11H17F6N3O. The molecule has 0 atom stereocenters. The number of hydrogen-bond acceptors (Lipinski definition) is 3. The summed E-state index contributed by atoms with van der Waals surface area (Å²) in [5, 5.41) is 0. The quantitative estimate of drug-likeness (QED) is 0.795. The first-order valence-corrected chi connectivity index (χ1v) is 6.42. The Bertz CT molecular complexity index is 343. The van der Waals surface area contributed by atoms with Crippen LogP contribution in [0.3, 0.4) is 0 Å². The van der Waals surface area contributed by atoms with E-state index in [0.29, 0.717) is 31.0 Å². The lowest BCUT2D eigenvalue weighted by molar-refractivity contribution is -0.277. The van der Waals surface area contributed by atoms with E-state index >= 15 is 0 Å². The van der Waals surface area contributed by atoms with E-state index in [-0.39, 0.29) is 19.6 Å². The number of hydrogen-bond donors (Lipinski definition) is 1. The van der Waals surface area contributed by atoms with Gasteiger partial charge < -0.3 is 15.5 Å². The van der Waals surface area contributed by atoms with Crippen LogP contribution in [0.4, 0.5) is 26.3 Å². The molecule has 0 aromatic rings. The molecule has 21 heavy (non-hydrogen) atoms. The number of nitrogens with two attached hydrogens (primary N) is 1. The van der Waals surface area contributed by atoms with Gasteiger partial charge in [0.15, 0.2) is 0 Å². The van der Waals surface area contributed by atoms with Crippen molar-refractivity contribution in [2.24, 2.45) is 11.7 Å². The standard InChI is InChI=1S/C11H17F6N3O/c12-10(13,14)8(11(15,16)17)9(21)20-4-1-3-19(5-2-18)6-7-20/h8H,1-7,18H2. The van der Waals surface area contributed by atoms with Gasteiger partial charge in [0.1, 0.15) is 0 Å². The maximum absolute atomic E-state index is 12.5. The van der Waals surface area contributed by atoms with Gasteiger partial charge in [0.2, 0.25) is 11.8 Å². The van der Waals surface area contributed by atoms with Gasteiger partial charge in [0.05, 0.1) is 0 Å². The molecule has 4 nitrogen and oxygen atoms in total. The van der Waals surface area contributed by atoms with E-state index in [4.69, 9.17) is 5.73 Å². The molecule has 0 aromatic heterocycles. The van der Waals surface area contributed by atoms with Crippen molar-refractivity contribution in [2.45, 2.75) is 18.8 Å². The van der Waals surface area contributed by atoms with Crippen molar-refractivity contribution in [3.63, 3.8) is 0 Å². The summed E-state index contributed by atoms with van der Waals surface area (Å²) in [6.45, 7) is 1.24. The fourth-order valence-electron chi connectivity index (χ4n) is 2.25. The molecule has 1 heterocycles. The van der Waals surface area contributed by atoms with E-state index in [9.17, 15) is 31.1 Å². The normalized spacial score (nSPS) is 19.0. The number of carbonyl (C=O) groups is 1. The number of alkyl halides is 6. The molecule has 2 N–H and O–H groups in total. The summed E-state index contributed by atoms with van der Waals surface area (Å²) in [6.07, 6.45) is -11.0. The number of rotatable bonds is 3. The Balaban J connectivity index is 2.81. The molecule has 124 valence electrons. The predicted octanol–water partition coefficient (Wildman–Crippen LogP) is 1.22. The van der Waals surface area contributed by atoms with Gasteiger partial charge in [-0.1, -0.05) is 0 Å². The van der Waals surface area contributed by atoms with Crippen LogP contribution in [0.15, 0.2) is 0 Å². The van der Waals surface area contributed by atoms with Crippen LogP contribution in [-0.2, 0) is 4.79 Å². The van der Waals surface area contributed by atoms with E-state index in [2.05, 4.69) is 0 Å². The number of carbonyl (C=O) groups excluding carboxylic acids is 1. The Morgan fingerprint density at radius 1 is 1.00 bits per heavy atom. The van der Waals surface area contributed by atoms with Gasteiger partial charge in [0, 0.05) is 32.7 Å². The van der Waals surface area contributed by atoms with Gasteiger partial charge in [-0.05, 0) is 13.0 Å². The summed E-state index contributed by atoms with van der Waals surface area (Å²) in [6, 6.07) is 0. The Kier molecular flexibility index (Phi) is 5.85. The fraction of sp³-hybridized carbons (Fsp3) is 0.909. The van der Waals surface area contributed by atoms with Crippen LogP contribution in [0.2, 0.25) is 0 Å². The first-order valence-electron chi connectivity index (χ1n) is 6.42. The van der Waals surface area contributed by atoms with Gasteiger partial charge >= 0.3 is 12.4 Å². The summed E-state index contributed by atoms with van der Waals surface area (Å²) >= 11 is 0. The molecule has 1 fully saturated rings. The van der Waals surface area contributed by atoms with Crippen LogP contribution < -0.4 is 5.73 Å². The highest BCUT2D eigenvalue weighted by Crippen LogP contribution is 2.40. The summed E-state index contributed by atoms with van der Waals surface area (Å²) in [7, 11) is 0. The van der Waals surface area contributed by atoms with Crippen LogP contribution in [0.1, 0.15) is 6.42 Å². The van der Waals surface area contributed by atoms with Crippen molar-refractivity contribution in [1.29, 1.82) is 0 Å². The monoisotopic (exact) mass is 321 g/mol. The zero-order chi connectivity index (χ0) is 16.3. The van der Waals surface area contributed by atoms with Crippen molar-refractivity contribution in [2.75, 3.05) is 39.3 Å². The molecular weight excluding hydrogens is 304 g/mol. The molecule has 0 spiro atoms. The third kappa shape index (κ3) is 5.03. The lowest BCUT2D eigenvalue weighted by Gasteiger charge is -2.28. The number of nitrogens with zero attached hydrogens (tertiary/aromatic N) is 2. The molecule has 0 bridgehead atoms. The van der Waals surface area contributed by atoms with Gasteiger partial charge in [-0.3, -0.25) is 4.79 Å². The molecule has 10 heteroatoms. The highest BCUT2D eigenvalue weighted by atomic mass is 19.4. The zero-order valence-corrected chi connectivity index (χ0v) is 11.2. The van der Waals surface area contributed by atoms with Crippen molar-refractivity contribution < 1.29 is 31.1 Å². The second kappa shape index (κ2) is 6.82. The van der Waals surface area contributed by atoms with Gasteiger partial charge in [-0.15, -0.1) is 0 Å². The van der Waals surface area contributed by atoms with E-state index < -0.39 is 24.2 Å². The van der Waals surface area contributed by atoms with Crippen LogP contribution >= 0.6 is 0 Å². The number of halogens is 6. The lowest BCUT2D eigenvalue weighted by Crippen LogP contribution is -2.50. The second-order valence-electron chi connectivity index (χ2n) is 4.83. The topological polar surface area (TPSA) is 49.6 Å². The third-order valence-corrected chi connectivity index (χ3v) is 3.25. The highest BCUT2D eigenvalue weighted by Gasteiger charge is 2.62. The summed E-state index contributed by atoms with van der Waals surface area (Å²) in [4.78, 5) is 14.1. The Morgan fingerprint density at radius 2 is 1.57 bits per heavy atom. The average Bonchev–Trinajstić information content (AvgIpc) is 2.51. The zero-order valence-electron chi connectivity index (χ0n) is 11.2. The van der Waals surface area contributed by atoms with Crippen molar-refractivity contribution in [1.82, 2.24) is 9.80 Å². The van der Waals surface area contributed by atoms with Crippen LogP contribution in [0.25, 0.3) is 0 Å². The van der Waals surface area contributed by atoms with Crippen molar-refractivity contribution in [3.05, 3.63) is 0 Å². The second-order valence-corrected chi connectivity index (χ2v) is 4.83. The Morgan fingerprint density at radius 3 is 2.05 bits per heavy atom. The summed E-state index contributed by atoms with van der Waals surface area (Å²) in [5.41, 5.74) is 5.35. The fourth-order valence-corrected chi connectivity index (χ4v) is 2.25. The van der Waals surface area contributed by atoms with Gasteiger partial charge in [0.25, 0.3) is 0 Å². The van der Waals surface area contributed by atoms with E-state index in [0.717, 1.165) is 0 Å². The SMILES string of the molecule is NCCN1CCCN(C(=O)C(C(F)(F)F)C(F)(F)F)CC1. The van der Waals surface area contributed by atoms with E-state index in [1.54, 1.807) is 0 Å². The van der Waals surface area contributed by atoms with E-state index in [1.807, 2.05) is 4.90 Å². The molecule has 1 rings (SSSR count). The Labute approximate surface area is 117 Å². The Hall–Kier alpha value is -1.03. The molecule has 1 aliphatic heterocycles. The van der Waals surface area contributed by atoms with Crippen LogP contribution in [0, 0.1) is 5.92 Å². The molecule has 1 amide bonds. The maximum atomic E-state index is 12.5. The molecule has 1 saturated heterocycles. The summed E-state index contributed by atoms with van der Waals surface area (Å²) < 4.78 is 75.2. The molecule has 0 unspecified atom stereocenters. The number of amides is 1. The molecule has 0 radical (unpaired) electrons. The van der Waals surface area contributed by atoms with Crippen LogP contribution in [-0.4, -0.2) is 67.3 Å². The minimum absolute atomic E-state index is 0.122. The smallest absolute Gasteiger partial charge is 0.341 e. The molecule has 0 aromatic carbocycles. The van der Waals surface area contributed by atoms with Crippen molar-refractivity contribution in [3.8, 4) is 0 Å². The average molecular weight is 321 g/mol. The minimum atomic E-state index is -5.64. The lowest BCUT2D eigenvalue weighted by atomic mass is 10.1. The minimum Gasteiger partial charge on any atom is -0.341 e.